The van der Waals surface area contributed by atoms with Gasteiger partial charge in [0, 0.05) is 6.54 Å². The molecule has 0 fully saturated rings. The van der Waals surface area contributed by atoms with Crippen LogP contribution in [0.5, 0.6) is 0 Å². The maximum absolute atomic E-state index is 13.1. The molecular formula is C10H11FN2O2. The predicted octanol–water partition coefficient (Wildman–Crippen LogP) is 0.900. The fourth-order valence-corrected chi connectivity index (χ4v) is 0.982. The number of carbonyl (C=O) groups is 2. The third-order valence-corrected chi connectivity index (χ3v) is 1.67. The summed E-state index contributed by atoms with van der Waals surface area (Å²) in [4.78, 5) is 22.2. The van der Waals surface area contributed by atoms with Crippen molar-refractivity contribution in [3.63, 3.8) is 0 Å². The van der Waals surface area contributed by atoms with Gasteiger partial charge in [0.1, 0.15) is 5.82 Å². The molecule has 1 aromatic rings. The van der Waals surface area contributed by atoms with Gasteiger partial charge < -0.3 is 10.6 Å². The standard InChI is InChI=1S/C10H11FN2O2/c1-2-12-9(14)10(15)13-8-6-4-3-5-7(8)11/h3-6H,2H2,1H3,(H,12,14)(H,13,15). The highest BCUT2D eigenvalue weighted by atomic mass is 19.1. The van der Waals surface area contributed by atoms with E-state index in [1.165, 1.54) is 18.2 Å². The number of hydrogen-bond acceptors (Lipinski definition) is 2. The Labute approximate surface area is 86.5 Å². The topological polar surface area (TPSA) is 58.2 Å². The van der Waals surface area contributed by atoms with E-state index in [2.05, 4.69) is 10.6 Å². The maximum atomic E-state index is 13.1. The Hall–Kier alpha value is -1.91. The summed E-state index contributed by atoms with van der Waals surface area (Å²) in [6.07, 6.45) is 0. The van der Waals surface area contributed by atoms with Crippen LogP contribution in [0.1, 0.15) is 6.92 Å². The Kier molecular flexibility index (Phi) is 3.79. The van der Waals surface area contributed by atoms with Gasteiger partial charge in [-0.1, -0.05) is 12.1 Å². The first-order chi connectivity index (χ1) is 7.15. The van der Waals surface area contributed by atoms with E-state index in [1.807, 2.05) is 0 Å². The number of likely N-dealkylation sites (N-methyl/N-ethyl adjacent to an activating group) is 1. The van der Waals surface area contributed by atoms with E-state index in [9.17, 15) is 14.0 Å². The summed E-state index contributed by atoms with van der Waals surface area (Å²) in [6, 6.07) is 5.65. The van der Waals surface area contributed by atoms with Gasteiger partial charge in [0.15, 0.2) is 0 Å². The quantitative estimate of drug-likeness (QED) is 0.712. The molecule has 0 spiro atoms. The summed E-state index contributed by atoms with van der Waals surface area (Å²) >= 11 is 0. The number of hydrogen-bond donors (Lipinski definition) is 2. The summed E-state index contributed by atoms with van der Waals surface area (Å²) < 4.78 is 13.1. The molecule has 0 saturated heterocycles. The van der Waals surface area contributed by atoms with Crippen molar-refractivity contribution >= 4 is 17.5 Å². The van der Waals surface area contributed by atoms with Gasteiger partial charge in [-0.25, -0.2) is 4.39 Å². The Morgan fingerprint density at radius 2 is 1.93 bits per heavy atom. The number of halogens is 1. The molecule has 0 aliphatic rings. The Morgan fingerprint density at radius 1 is 1.27 bits per heavy atom. The van der Waals surface area contributed by atoms with E-state index in [0.29, 0.717) is 6.54 Å². The first-order valence-corrected chi connectivity index (χ1v) is 4.49. The molecule has 0 aliphatic heterocycles. The molecule has 0 saturated carbocycles. The Balaban J connectivity index is 2.67. The first kappa shape index (κ1) is 11.2. The SMILES string of the molecule is CCNC(=O)C(=O)Nc1ccccc1F. The molecule has 1 rings (SSSR count). The van der Waals surface area contributed by atoms with Crippen molar-refractivity contribution in [3.05, 3.63) is 30.1 Å². The Bertz CT molecular complexity index is 379. The summed E-state index contributed by atoms with van der Waals surface area (Å²) in [6.45, 7) is 2.04. The van der Waals surface area contributed by atoms with E-state index in [-0.39, 0.29) is 5.69 Å². The van der Waals surface area contributed by atoms with Crippen molar-refractivity contribution in [1.82, 2.24) is 5.32 Å². The van der Waals surface area contributed by atoms with E-state index < -0.39 is 17.6 Å². The van der Waals surface area contributed by atoms with Crippen molar-refractivity contribution in [2.45, 2.75) is 6.92 Å². The summed E-state index contributed by atoms with van der Waals surface area (Å²) in [7, 11) is 0. The molecule has 0 heterocycles. The zero-order valence-corrected chi connectivity index (χ0v) is 8.21. The lowest BCUT2D eigenvalue weighted by atomic mass is 10.3. The second kappa shape index (κ2) is 5.09. The molecule has 80 valence electrons. The van der Waals surface area contributed by atoms with Gasteiger partial charge in [-0.2, -0.15) is 0 Å². The van der Waals surface area contributed by atoms with Gasteiger partial charge in [-0.3, -0.25) is 9.59 Å². The van der Waals surface area contributed by atoms with Crippen molar-refractivity contribution < 1.29 is 14.0 Å². The van der Waals surface area contributed by atoms with Crippen LogP contribution in [0, 0.1) is 5.82 Å². The van der Waals surface area contributed by atoms with Crippen LogP contribution in [0.4, 0.5) is 10.1 Å². The second-order valence-corrected chi connectivity index (χ2v) is 2.79. The summed E-state index contributed by atoms with van der Waals surface area (Å²) in [5.74, 6) is -2.22. The van der Waals surface area contributed by atoms with Gasteiger partial charge >= 0.3 is 11.8 Å². The van der Waals surface area contributed by atoms with E-state index >= 15 is 0 Å². The molecule has 0 unspecified atom stereocenters. The highest BCUT2D eigenvalue weighted by Crippen LogP contribution is 2.11. The highest BCUT2D eigenvalue weighted by molar-refractivity contribution is 6.39. The third kappa shape index (κ3) is 3.05. The monoisotopic (exact) mass is 210 g/mol. The summed E-state index contributed by atoms with van der Waals surface area (Å²) in [5.41, 5.74) is -0.00578. The third-order valence-electron chi connectivity index (χ3n) is 1.67. The fraction of sp³-hybridized carbons (Fsp3) is 0.200. The molecule has 2 amide bonds. The van der Waals surface area contributed by atoms with Crippen LogP contribution in [-0.4, -0.2) is 18.4 Å². The molecule has 15 heavy (non-hydrogen) atoms. The van der Waals surface area contributed by atoms with Gasteiger partial charge in [0.05, 0.1) is 5.69 Å². The maximum Gasteiger partial charge on any atom is 0.313 e. The molecular weight excluding hydrogens is 199 g/mol. The van der Waals surface area contributed by atoms with Crippen LogP contribution in [0.25, 0.3) is 0 Å². The Morgan fingerprint density at radius 3 is 2.53 bits per heavy atom. The average Bonchev–Trinajstić information content (AvgIpc) is 2.21. The molecule has 0 aromatic heterocycles. The minimum atomic E-state index is -0.873. The van der Waals surface area contributed by atoms with Crippen LogP contribution in [0.3, 0.4) is 0 Å². The van der Waals surface area contributed by atoms with Crippen LogP contribution in [-0.2, 0) is 9.59 Å². The van der Waals surface area contributed by atoms with Crippen LogP contribution < -0.4 is 10.6 Å². The van der Waals surface area contributed by atoms with Crippen molar-refractivity contribution in [2.75, 3.05) is 11.9 Å². The normalized spacial score (nSPS) is 9.47. The number of amides is 2. The van der Waals surface area contributed by atoms with Crippen LogP contribution in [0.15, 0.2) is 24.3 Å². The fourth-order valence-electron chi connectivity index (χ4n) is 0.982. The zero-order valence-electron chi connectivity index (χ0n) is 8.21. The van der Waals surface area contributed by atoms with Gasteiger partial charge in [0.25, 0.3) is 0 Å². The minimum absolute atomic E-state index is 0.00578. The lowest BCUT2D eigenvalue weighted by Gasteiger charge is -2.05. The molecule has 0 atom stereocenters. The van der Waals surface area contributed by atoms with Crippen LogP contribution >= 0.6 is 0 Å². The number of nitrogens with one attached hydrogen (secondary N) is 2. The van der Waals surface area contributed by atoms with Crippen molar-refractivity contribution in [1.29, 1.82) is 0 Å². The lowest BCUT2D eigenvalue weighted by Crippen LogP contribution is -2.35. The molecule has 0 radical (unpaired) electrons. The minimum Gasteiger partial charge on any atom is -0.348 e. The van der Waals surface area contributed by atoms with Gasteiger partial charge in [-0.05, 0) is 19.1 Å². The van der Waals surface area contributed by atoms with E-state index in [1.54, 1.807) is 13.0 Å². The molecule has 1 aromatic carbocycles. The van der Waals surface area contributed by atoms with Crippen LogP contribution in [0.2, 0.25) is 0 Å². The van der Waals surface area contributed by atoms with E-state index in [4.69, 9.17) is 0 Å². The molecule has 0 aliphatic carbocycles. The number of rotatable bonds is 2. The number of anilines is 1. The lowest BCUT2D eigenvalue weighted by molar-refractivity contribution is -0.136. The van der Waals surface area contributed by atoms with Gasteiger partial charge in [-0.15, -0.1) is 0 Å². The largest absolute Gasteiger partial charge is 0.348 e. The first-order valence-electron chi connectivity index (χ1n) is 4.49. The summed E-state index contributed by atoms with van der Waals surface area (Å²) in [5, 5.41) is 4.48. The average molecular weight is 210 g/mol. The highest BCUT2D eigenvalue weighted by Gasteiger charge is 2.13. The molecule has 2 N–H and O–H groups in total. The van der Waals surface area contributed by atoms with Gasteiger partial charge in [0.2, 0.25) is 0 Å². The predicted molar refractivity (Wildman–Crippen MR) is 53.7 cm³/mol. The number of benzene rings is 1. The number of para-hydroxylation sites is 1. The molecule has 4 nitrogen and oxygen atoms in total. The smallest absolute Gasteiger partial charge is 0.313 e. The van der Waals surface area contributed by atoms with Crippen molar-refractivity contribution in [3.8, 4) is 0 Å². The second-order valence-electron chi connectivity index (χ2n) is 2.79. The molecule has 0 bridgehead atoms. The van der Waals surface area contributed by atoms with Crippen molar-refractivity contribution in [2.24, 2.45) is 0 Å². The van der Waals surface area contributed by atoms with E-state index in [0.717, 1.165) is 0 Å². The zero-order chi connectivity index (χ0) is 11.3. The number of carbonyl (C=O) groups excluding carboxylic acids is 2. The molecule has 5 heteroatoms.